The molecule has 112 valence electrons. The average Bonchev–Trinajstić information content (AvgIpc) is 2.31. The maximum Gasteiger partial charge on any atom is 0.221 e. The van der Waals surface area contributed by atoms with Crippen LogP contribution in [-0.4, -0.2) is 23.2 Å². The molecule has 4 bridgehead atoms. The Morgan fingerprint density at radius 1 is 1.05 bits per heavy atom. The van der Waals surface area contributed by atoms with Crippen LogP contribution < -0.4 is 5.32 Å². The van der Waals surface area contributed by atoms with E-state index in [0.717, 1.165) is 43.4 Å². The summed E-state index contributed by atoms with van der Waals surface area (Å²) in [6.45, 7) is 0.111. The number of hydrogen-bond acceptors (Lipinski definition) is 2. The summed E-state index contributed by atoms with van der Waals surface area (Å²) >= 11 is 0. The zero-order valence-corrected chi connectivity index (χ0v) is 12.4. The van der Waals surface area contributed by atoms with Crippen molar-refractivity contribution in [2.75, 3.05) is 6.61 Å². The second-order valence-electron chi connectivity index (χ2n) is 8.43. The highest BCUT2D eigenvalue weighted by Gasteiger charge is 2.52. The van der Waals surface area contributed by atoms with Crippen molar-refractivity contribution in [3.63, 3.8) is 0 Å². The van der Waals surface area contributed by atoms with Crippen LogP contribution in [0, 0.1) is 23.2 Å². The summed E-state index contributed by atoms with van der Waals surface area (Å²) in [5.41, 5.74) is 0.0542. The molecule has 0 aromatic carbocycles. The Hall–Kier alpha value is -0.570. The second-order valence-corrected chi connectivity index (χ2v) is 8.43. The van der Waals surface area contributed by atoms with E-state index in [9.17, 15) is 9.90 Å². The summed E-state index contributed by atoms with van der Waals surface area (Å²) in [6.07, 6.45) is 11.9. The van der Waals surface area contributed by atoms with Gasteiger partial charge in [-0.25, -0.2) is 0 Å². The first-order valence-electron chi connectivity index (χ1n) is 8.52. The molecule has 0 aliphatic heterocycles. The van der Waals surface area contributed by atoms with Crippen molar-refractivity contribution in [2.24, 2.45) is 23.2 Å². The van der Waals surface area contributed by atoms with Gasteiger partial charge in [0, 0.05) is 6.42 Å². The Balaban J connectivity index is 1.42. The van der Waals surface area contributed by atoms with Crippen LogP contribution in [0.2, 0.25) is 0 Å². The van der Waals surface area contributed by atoms with E-state index < -0.39 is 0 Å². The van der Waals surface area contributed by atoms with Crippen molar-refractivity contribution in [2.45, 2.75) is 69.7 Å². The molecule has 20 heavy (non-hydrogen) atoms. The molecule has 3 heteroatoms. The summed E-state index contributed by atoms with van der Waals surface area (Å²) in [7, 11) is 0. The molecule has 5 saturated carbocycles. The molecule has 3 nitrogen and oxygen atoms in total. The van der Waals surface area contributed by atoms with Crippen molar-refractivity contribution in [1.82, 2.24) is 5.32 Å². The van der Waals surface area contributed by atoms with E-state index in [1.165, 1.54) is 38.5 Å². The van der Waals surface area contributed by atoms with Crippen LogP contribution in [-0.2, 0) is 4.79 Å². The molecular formula is C17H27NO2. The van der Waals surface area contributed by atoms with Crippen LogP contribution in [0.3, 0.4) is 0 Å². The first-order valence-corrected chi connectivity index (χ1v) is 8.52. The standard InChI is InChI=1S/C17H27NO2/c19-11-17(2-1-3-17)18-15(20)10-16-7-12-4-13(8-16)6-14(5-12)9-16/h12-14,19H,1-11H2,(H,18,20). The molecule has 2 N–H and O–H groups in total. The molecular weight excluding hydrogens is 250 g/mol. The largest absolute Gasteiger partial charge is 0.394 e. The fourth-order valence-electron chi connectivity index (χ4n) is 6.11. The zero-order valence-electron chi connectivity index (χ0n) is 12.4. The van der Waals surface area contributed by atoms with Gasteiger partial charge in [-0.3, -0.25) is 4.79 Å². The molecule has 0 heterocycles. The van der Waals surface area contributed by atoms with E-state index in [1.807, 2.05) is 0 Å². The summed E-state index contributed by atoms with van der Waals surface area (Å²) in [5, 5.41) is 12.7. The fraction of sp³-hybridized carbons (Fsp3) is 0.941. The van der Waals surface area contributed by atoms with E-state index in [-0.39, 0.29) is 18.1 Å². The maximum atomic E-state index is 12.5. The van der Waals surface area contributed by atoms with Crippen molar-refractivity contribution in [3.05, 3.63) is 0 Å². The van der Waals surface area contributed by atoms with Crippen LogP contribution in [0.15, 0.2) is 0 Å². The lowest BCUT2D eigenvalue weighted by molar-refractivity contribution is -0.133. The number of hydrogen-bond donors (Lipinski definition) is 2. The summed E-state index contributed by atoms with van der Waals surface area (Å²) in [5.74, 6) is 2.93. The number of amides is 1. The van der Waals surface area contributed by atoms with Gasteiger partial charge in [0.2, 0.25) is 5.91 Å². The molecule has 0 spiro atoms. The number of aliphatic hydroxyl groups excluding tert-OH is 1. The molecule has 0 aromatic heterocycles. The number of carbonyl (C=O) groups is 1. The van der Waals surface area contributed by atoms with E-state index in [2.05, 4.69) is 5.32 Å². The third-order valence-electron chi connectivity index (χ3n) is 6.72. The molecule has 0 unspecified atom stereocenters. The smallest absolute Gasteiger partial charge is 0.221 e. The number of carbonyl (C=O) groups excluding carboxylic acids is 1. The van der Waals surface area contributed by atoms with Gasteiger partial charge in [-0.1, -0.05) is 0 Å². The molecule has 0 aromatic rings. The highest BCUT2D eigenvalue weighted by molar-refractivity contribution is 5.77. The molecule has 0 saturated heterocycles. The third-order valence-corrected chi connectivity index (χ3v) is 6.72. The van der Waals surface area contributed by atoms with Crippen LogP contribution in [0.25, 0.3) is 0 Å². The van der Waals surface area contributed by atoms with E-state index in [4.69, 9.17) is 0 Å². The van der Waals surface area contributed by atoms with E-state index >= 15 is 0 Å². The lowest BCUT2D eigenvalue weighted by Crippen LogP contribution is -2.57. The Labute approximate surface area is 121 Å². The van der Waals surface area contributed by atoms with Gasteiger partial charge in [-0.2, -0.15) is 0 Å². The third kappa shape index (κ3) is 2.09. The first kappa shape index (κ1) is 13.1. The predicted molar refractivity (Wildman–Crippen MR) is 77.0 cm³/mol. The van der Waals surface area contributed by atoms with Gasteiger partial charge in [-0.15, -0.1) is 0 Å². The Bertz CT molecular complexity index is 372. The van der Waals surface area contributed by atoms with Crippen LogP contribution in [0.5, 0.6) is 0 Å². The van der Waals surface area contributed by atoms with Crippen molar-refractivity contribution >= 4 is 5.91 Å². The first-order chi connectivity index (χ1) is 9.60. The maximum absolute atomic E-state index is 12.5. The molecule has 5 rings (SSSR count). The number of nitrogens with one attached hydrogen (secondary N) is 1. The molecule has 5 aliphatic rings. The van der Waals surface area contributed by atoms with Crippen molar-refractivity contribution in [1.29, 1.82) is 0 Å². The lowest BCUT2D eigenvalue weighted by Gasteiger charge is -2.57. The number of rotatable bonds is 4. The highest BCUT2D eigenvalue weighted by atomic mass is 16.3. The molecule has 1 amide bonds. The average molecular weight is 277 g/mol. The van der Waals surface area contributed by atoms with Gasteiger partial charge < -0.3 is 10.4 Å². The lowest BCUT2D eigenvalue weighted by atomic mass is 9.49. The molecule has 0 radical (unpaired) electrons. The van der Waals surface area contributed by atoms with Crippen LogP contribution in [0.1, 0.15) is 64.2 Å². The van der Waals surface area contributed by atoms with Gasteiger partial charge in [0.1, 0.15) is 0 Å². The molecule has 5 aliphatic carbocycles. The van der Waals surface area contributed by atoms with Crippen molar-refractivity contribution < 1.29 is 9.90 Å². The van der Waals surface area contributed by atoms with Crippen LogP contribution >= 0.6 is 0 Å². The van der Waals surface area contributed by atoms with Gasteiger partial charge in [0.05, 0.1) is 12.1 Å². The van der Waals surface area contributed by atoms with E-state index in [1.54, 1.807) is 0 Å². The van der Waals surface area contributed by atoms with Gasteiger partial charge >= 0.3 is 0 Å². The monoisotopic (exact) mass is 277 g/mol. The quantitative estimate of drug-likeness (QED) is 0.830. The fourth-order valence-corrected chi connectivity index (χ4v) is 6.11. The predicted octanol–water partition coefficient (Wildman–Crippen LogP) is 2.62. The number of aliphatic hydroxyl groups is 1. The van der Waals surface area contributed by atoms with Gasteiger partial charge in [0.15, 0.2) is 0 Å². The Kier molecular flexibility index (Phi) is 2.93. The summed E-state index contributed by atoms with van der Waals surface area (Å²) in [4.78, 5) is 12.5. The minimum absolute atomic E-state index is 0.111. The minimum Gasteiger partial charge on any atom is -0.394 e. The molecule has 0 atom stereocenters. The zero-order chi connectivity index (χ0) is 13.8. The minimum atomic E-state index is -0.265. The Morgan fingerprint density at radius 2 is 1.60 bits per heavy atom. The SMILES string of the molecule is O=C(CC12CC3CC(CC(C3)C1)C2)NC1(CO)CCC1. The molecule has 5 fully saturated rings. The van der Waals surface area contributed by atoms with E-state index in [0.29, 0.717) is 5.41 Å². The highest BCUT2D eigenvalue weighted by Crippen LogP contribution is 2.61. The van der Waals surface area contributed by atoms with Gasteiger partial charge in [0.25, 0.3) is 0 Å². The van der Waals surface area contributed by atoms with Gasteiger partial charge in [-0.05, 0) is 81.0 Å². The van der Waals surface area contributed by atoms with Crippen molar-refractivity contribution in [3.8, 4) is 0 Å². The van der Waals surface area contributed by atoms with Crippen LogP contribution in [0.4, 0.5) is 0 Å². The summed E-state index contributed by atoms with van der Waals surface area (Å²) in [6, 6.07) is 0. The normalized spacial score (nSPS) is 44.1. The Morgan fingerprint density at radius 3 is 2.00 bits per heavy atom. The summed E-state index contributed by atoms with van der Waals surface area (Å²) < 4.78 is 0. The topological polar surface area (TPSA) is 49.3 Å². The second kappa shape index (κ2) is 4.46.